The van der Waals surface area contributed by atoms with Gasteiger partial charge < -0.3 is 5.32 Å². The quantitative estimate of drug-likeness (QED) is 0.814. The highest BCUT2D eigenvalue weighted by molar-refractivity contribution is 6.30. The Bertz CT molecular complexity index is 336. The largest absolute Gasteiger partial charge is 0.314 e. The first-order chi connectivity index (χ1) is 6.63. The molecule has 0 aliphatic rings. The maximum Gasteiger partial charge on any atom is 0.130 e. The lowest BCUT2D eigenvalue weighted by Gasteiger charge is -2.03. The fourth-order valence-corrected chi connectivity index (χ4v) is 1.17. The highest BCUT2D eigenvalue weighted by Gasteiger charge is 1.99. The van der Waals surface area contributed by atoms with E-state index in [1.165, 1.54) is 12.1 Å². The van der Waals surface area contributed by atoms with Crippen molar-refractivity contribution in [2.24, 2.45) is 0 Å². The lowest BCUT2D eigenvalue weighted by molar-refractivity contribution is 0.625. The standard InChI is InChI=1S/C11H13ClFN/c1-8(14-2)3-4-9-7-10(12)5-6-11(9)13/h3-8,14H,1-2H3/b4-3+. The first kappa shape index (κ1) is 11.2. The summed E-state index contributed by atoms with van der Waals surface area (Å²) in [6.07, 6.45) is 3.61. The van der Waals surface area contributed by atoms with E-state index in [9.17, 15) is 4.39 Å². The Labute approximate surface area is 88.6 Å². The van der Waals surface area contributed by atoms with Crippen LogP contribution in [-0.2, 0) is 0 Å². The van der Waals surface area contributed by atoms with Crippen molar-refractivity contribution in [3.05, 3.63) is 40.7 Å². The van der Waals surface area contributed by atoms with Gasteiger partial charge in [0.25, 0.3) is 0 Å². The zero-order chi connectivity index (χ0) is 10.6. The predicted octanol–water partition coefficient (Wildman–Crippen LogP) is 3.10. The number of nitrogens with one attached hydrogen (secondary N) is 1. The molecular formula is C11H13ClFN. The van der Waals surface area contributed by atoms with Crippen molar-refractivity contribution in [2.45, 2.75) is 13.0 Å². The first-order valence-electron chi connectivity index (χ1n) is 4.44. The summed E-state index contributed by atoms with van der Waals surface area (Å²) in [5.41, 5.74) is 0.514. The smallest absolute Gasteiger partial charge is 0.130 e. The van der Waals surface area contributed by atoms with Crippen LogP contribution in [0.5, 0.6) is 0 Å². The minimum atomic E-state index is -0.256. The van der Waals surface area contributed by atoms with Crippen LogP contribution in [0, 0.1) is 5.82 Å². The van der Waals surface area contributed by atoms with Crippen LogP contribution in [0.15, 0.2) is 24.3 Å². The molecule has 1 aromatic carbocycles. The third kappa shape index (κ3) is 3.13. The molecule has 0 radical (unpaired) electrons. The van der Waals surface area contributed by atoms with E-state index in [-0.39, 0.29) is 11.9 Å². The monoisotopic (exact) mass is 213 g/mol. The number of hydrogen-bond donors (Lipinski definition) is 1. The third-order valence-corrected chi connectivity index (χ3v) is 2.21. The molecule has 0 saturated carbocycles. The molecule has 1 unspecified atom stereocenters. The van der Waals surface area contributed by atoms with Crippen molar-refractivity contribution in [3.63, 3.8) is 0 Å². The van der Waals surface area contributed by atoms with Gasteiger partial charge in [0.2, 0.25) is 0 Å². The predicted molar refractivity (Wildman–Crippen MR) is 59.0 cm³/mol. The molecule has 0 amide bonds. The lowest BCUT2D eigenvalue weighted by atomic mass is 10.1. The van der Waals surface area contributed by atoms with Crippen LogP contribution in [0.2, 0.25) is 5.02 Å². The summed E-state index contributed by atoms with van der Waals surface area (Å²) < 4.78 is 13.2. The molecule has 76 valence electrons. The third-order valence-electron chi connectivity index (χ3n) is 1.98. The lowest BCUT2D eigenvalue weighted by Crippen LogP contribution is -2.17. The van der Waals surface area contributed by atoms with Crippen LogP contribution in [0.3, 0.4) is 0 Å². The summed E-state index contributed by atoms with van der Waals surface area (Å²) in [4.78, 5) is 0. The summed E-state index contributed by atoms with van der Waals surface area (Å²) in [5, 5.41) is 3.57. The second-order valence-electron chi connectivity index (χ2n) is 3.10. The van der Waals surface area contributed by atoms with E-state index in [2.05, 4.69) is 5.32 Å². The summed E-state index contributed by atoms with van der Waals surface area (Å²) in [6.45, 7) is 1.99. The maximum absolute atomic E-state index is 13.2. The molecule has 0 aromatic heterocycles. The normalized spacial score (nSPS) is 13.4. The zero-order valence-corrected chi connectivity index (χ0v) is 8.98. The van der Waals surface area contributed by atoms with Crippen molar-refractivity contribution in [1.82, 2.24) is 5.32 Å². The SMILES string of the molecule is CNC(C)/C=C/c1cc(Cl)ccc1F. The molecule has 0 saturated heterocycles. The van der Waals surface area contributed by atoms with Crippen molar-refractivity contribution >= 4 is 17.7 Å². The molecule has 14 heavy (non-hydrogen) atoms. The molecule has 0 bridgehead atoms. The number of rotatable bonds is 3. The number of likely N-dealkylation sites (N-methyl/N-ethyl adjacent to an activating group) is 1. The Hall–Kier alpha value is -0.860. The topological polar surface area (TPSA) is 12.0 Å². The van der Waals surface area contributed by atoms with Crippen LogP contribution >= 0.6 is 11.6 Å². The maximum atomic E-state index is 13.2. The Balaban J connectivity index is 2.85. The summed E-state index contributed by atoms with van der Waals surface area (Å²) in [7, 11) is 1.85. The second kappa shape index (κ2) is 5.13. The highest BCUT2D eigenvalue weighted by Crippen LogP contribution is 2.16. The molecular weight excluding hydrogens is 201 g/mol. The molecule has 1 atom stereocenters. The fraction of sp³-hybridized carbons (Fsp3) is 0.273. The Morgan fingerprint density at radius 1 is 1.50 bits per heavy atom. The van der Waals surface area contributed by atoms with Gasteiger partial charge in [-0.15, -0.1) is 0 Å². The van der Waals surface area contributed by atoms with Crippen LogP contribution < -0.4 is 5.32 Å². The molecule has 1 nitrogen and oxygen atoms in total. The van der Waals surface area contributed by atoms with E-state index >= 15 is 0 Å². The van der Waals surface area contributed by atoms with Crippen LogP contribution in [0.25, 0.3) is 6.08 Å². The van der Waals surface area contributed by atoms with E-state index in [1.807, 2.05) is 20.0 Å². The molecule has 0 aliphatic heterocycles. The van der Waals surface area contributed by atoms with Gasteiger partial charge in [-0.25, -0.2) is 4.39 Å². The van der Waals surface area contributed by atoms with Gasteiger partial charge in [-0.05, 0) is 32.2 Å². The van der Waals surface area contributed by atoms with Crippen molar-refractivity contribution in [2.75, 3.05) is 7.05 Å². The van der Waals surface area contributed by atoms with Crippen LogP contribution in [0.4, 0.5) is 4.39 Å². The fourth-order valence-electron chi connectivity index (χ4n) is 0.987. The molecule has 0 heterocycles. The van der Waals surface area contributed by atoms with Crippen molar-refractivity contribution in [1.29, 1.82) is 0 Å². The highest BCUT2D eigenvalue weighted by atomic mass is 35.5. The van der Waals surface area contributed by atoms with Crippen LogP contribution in [0.1, 0.15) is 12.5 Å². The molecule has 0 aliphatic carbocycles. The minimum Gasteiger partial charge on any atom is -0.314 e. The van der Waals surface area contributed by atoms with E-state index < -0.39 is 0 Å². The Morgan fingerprint density at radius 2 is 2.21 bits per heavy atom. The van der Waals surface area contributed by atoms with E-state index in [4.69, 9.17) is 11.6 Å². The zero-order valence-electron chi connectivity index (χ0n) is 8.22. The average Bonchev–Trinajstić information content (AvgIpc) is 2.19. The summed E-state index contributed by atoms with van der Waals surface area (Å²) >= 11 is 5.75. The average molecular weight is 214 g/mol. The second-order valence-corrected chi connectivity index (χ2v) is 3.54. The van der Waals surface area contributed by atoms with Gasteiger partial charge in [-0.1, -0.05) is 23.8 Å². The van der Waals surface area contributed by atoms with Gasteiger partial charge in [0.05, 0.1) is 0 Å². The molecule has 1 N–H and O–H groups in total. The van der Waals surface area contributed by atoms with E-state index in [0.29, 0.717) is 10.6 Å². The van der Waals surface area contributed by atoms with Gasteiger partial charge in [-0.3, -0.25) is 0 Å². The molecule has 3 heteroatoms. The van der Waals surface area contributed by atoms with E-state index in [0.717, 1.165) is 0 Å². The van der Waals surface area contributed by atoms with Crippen molar-refractivity contribution < 1.29 is 4.39 Å². The van der Waals surface area contributed by atoms with Gasteiger partial charge in [0, 0.05) is 16.6 Å². The van der Waals surface area contributed by atoms with Gasteiger partial charge >= 0.3 is 0 Å². The number of hydrogen-bond acceptors (Lipinski definition) is 1. The minimum absolute atomic E-state index is 0.216. The molecule has 0 spiro atoms. The number of benzene rings is 1. The Morgan fingerprint density at radius 3 is 2.86 bits per heavy atom. The van der Waals surface area contributed by atoms with E-state index in [1.54, 1.807) is 12.1 Å². The molecule has 1 aromatic rings. The molecule has 1 rings (SSSR count). The first-order valence-corrected chi connectivity index (χ1v) is 4.82. The Kier molecular flexibility index (Phi) is 4.11. The van der Waals surface area contributed by atoms with Gasteiger partial charge in [0.15, 0.2) is 0 Å². The summed E-state index contributed by atoms with van der Waals surface area (Å²) in [5.74, 6) is -0.256. The summed E-state index contributed by atoms with van der Waals surface area (Å²) in [6, 6.07) is 4.73. The van der Waals surface area contributed by atoms with Gasteiger partial charge in [0.1, 0.15) is 5.82 Å². The van der Waals surface area contributed by atoms with Crippen molar-refractivity contribution in [3.8, 4) is 0 Å². The van der Waals surface area contributed by atoms with Gasteiger partial charge in [-0.2, -0.15) is 0 Å². The van der Waals surface area contributed by atoms with Crippen LogP contribution in [-0.4, -0.2) is 13.1 Å². The number of halogens is 2. The molecule has 0 fully saturated rings.